The number of hydrogen-bond acceptors (Lipinski definition) is 2. The Hall–Kier alpha value is -2.55. The summed E-state index contributed by atoms with van der Waals surface area (Å²) in [5, 5.41) is 0. The van der Waals surface area contributed by atoms with Gasteiger partial charge in [-0.05, 0) is 42.7 Å². The van der Waals surface area contributed by atoms with Gasteiger partial charge in [0.2, 0.25) is 5.91 Å². The average Bonchev–Trinajstić information content (AvgIpc) is 2.67. The highest BCUT2D eigenvalue weighted by molar-refractivity contribution is 5.91. The Morgan fingerprint density at radius 3 is 2.40 bits per heavy atom. The van der Waals surface area contributed by atoms with Crippen LogP contribution in [0.5, 0.6) is 5.75 Å². The van der Waals surface area contributed by atoms with Crippen molar-refractivity contribution in [2.24, 2.45) is 0 Å². The van der Waals surface area contributed by atoms with Gasteiger partial charge in [0.25, 0.3) is 0 Å². The van der Waals surface area contributed by atoms with Crippen molar-refractivity contribution in [1.82, 2.24) is 4.90 Å². The lowest BCUT2D eigenvalue weighted by Crippen LogP contribution is -2.30. The number of carbonyl (C=O) groups excluding carboxylic acids is 1. The van der Waals surface area contributed by atoms with Crippen molar-refractivity contribution >= 4 is 12.0 Å². The van der Waals surface area contributed by atoms with Gasteiger partial charge in [-0.25, -0.2) is 0 Å². The topological polar surface area (TPSA) is 29.5 Å². The fraction of sp³-hybridized carbons (Fsp3) is 0.318. The van der Waals surface area contributed by atoms with Gasteiger partial charge in [-0.1, -0.05) is 55.8 Å². The highest BCUT2D eigenvalue weighted by Gasteiger charge is 2.06. The molecule has 0 fully saturated rings. The lowest BCUT2D eigenvalue weighted by atomic mass is 10.2. The van der Waals surface area contributed by atoms with Crippen LogP contribution in [0, 0.1) is 0 Å². The number of rotatable bonds is 9. The highest BCUT2D eigenvalue weighted by Crippen LogP contribution is 2.15. The summed E-state index contributed by atoms with van der Waals surface area (Å²) in [6.45, 7) is 6.27. The van der Waals surface area contributed by atoms with Gasteiger partial charge in [0.15, 0.2) is 0 Å². The van der Waals surface area contributed by atoms with E-state index in [4.69, 9.17) is 4.74 Å². The van der Waals surface area contributed by atoms with Gasteiger partial charge in [0, 0.05) is 19.2 Å². The Morgan fingerprint density at radius 2 is 1.76 bits per heavy atom. The fourth-order valence-electron chi connectivity index (χ4n) is 2.46. The first-order valence-corrected chi connectivity index (χ1v) is 8.96. The fourth-order valence-corrected chi connectivity index (χ4v) is 2.46. The second kappa shape index (κ2) is 10.3. The zero-order valence-electron chi connectivity index (χ0n) is 15.2. The van der Waals surface area contributed by atoms with Gasteiger partial charge in [-0.3, -0.25) is 4.79 Å². The minimum Gasteiger partial charge on any atom is -0.489 e. The van der Waals surface area contributed by atoms with Crippen LogP contribution in [0.4, 0.5) is 0 Å². The SMILES string of the molecule is CCCCN(CC)C(=O)/C=C/c1ccc(OCc2ccccc2)cc1. The lowest BCUT2D eigenvalue weighted by Gasteiger charge is -2.18. The van der Waals surface area contributed by atoms with E-state index in [1.807, 2.05) is 72.5 Å². The Bertz CT molecular complexity index is 662. The van der Waals surface area contributed by atoms with Gasteiger partial charge < -0.3 is 9.64 Å². The minimum absolute atomic E-state index is 0.0698. The van der Waals surface area contributed by atoms with Gasteiger partial charge in [-0.2, -0.15) is 0 Å². The van der Waals surface area contributed by atoms with Crippen LogP contribution in [0.3, 0.4) is 0 Å². The smallest absolute Gasteiger partial charge is 0.246 e. The maximum absolute atomic E-state index is 12.2. The third-order valence-corrected chi connectivity index (χ3v) is 4.02. The summed E-state index contributed by atoms with van der Waals surface area (Å²) in [7, 11) is 0. The molecule has 0 atom stereocenters. The third-order valence-electron chi connectivity index (χ3n) is 4.02. The predicted octanol–water partition coefficient (Wildman–Crippen LogP) is 4.93. The van der Waals surface area contributed by atoms with Gasteiger partial charge >= 0.3 is 0 Å². The molecule has 25 heavy (non-hydrogen) atoms. The molecular weight excluding hydrogens is 310 g/mol. The molecule has 0 aromatic heterocycles. The van der Waals surface area contributed by atoms with E-state index in [2.05, 4.69) is 6.92 Å². The zero-order valence-corrected chi connectivity index (χ0v) is 15.2. The molecule has 2 rings (SSSR count). The van der Waals surface area contributed by atoms with E-state index in [9.17, 15) is 4.79 Å². The minimum atomic E-state index is 0.0698. The van der Waals surface area contributed by atoms with Crippen LogP contribution in [-0.4, -0.2) is 23.9 Å². The molecule has 0 aliphatic heterocycles. The average molecular weight is 337 g/mol. The van der Waals surface area contributed by atoms with E-state index in [1.54, 1.807) is 6.08 Å². The summed E-state index contributed by atoms with van der Waals surface area (Å²) in [6, 6.07) is 17.9. The first kappa shape index (κ1) is 18.8. The summed E-state index contributed by atoms with van der Waals surface area (Å²) in [6.07, 6.45) is 5.65. The number of hydrogen-bond donors (Lipinski definition) is 0. The maximum Gasteiger partial charge on any atom is 0.246 e. The van der Waals surface area contributed by atoms with E-state index in [1.165, 1.54) is 0 Å². The van der Waals surface area contributed by atoms with Crippen molar-refractivity contribution in [3.05, 3.63) is 71.8 Å². The van der Waals surface area contributed by atoms with Crippen molar-refractivity contribution in [3.8, 4) is 5.75 Å². The standard InChI is InChI=1S/C22H27NO2/c1-3-5-17-23(4-2)22(24)16-13-19-11-14-21(15-12-19)25-18-20-9-7-6-8-10-20/h6-16H,3-5,17-18H2,1-2H3/b16-13+. The molecule has 0 heterocycles. The molecule has 132 valence electrons. The molecule has 0 spiro atoms. The first-order chi connectivity index (χ1) is 12.2. The van der Waals surface area contributed by atoms with Crippen LogP contribution in [0.1, 0.15) is 37.8 Å². The predicted molar refractivity (Wildman–Crippen MR) is 103 cm³/mol. The summed E-state index contributed by atoms with van der Waals surface area (Å²) in [5.41, 5.74) is 2.13. The normalized spacial score (nSPS) is 10.8. The maximum atomic E-state index is 12.2. The van der Waals surface area contributed by atoms with Crippen molar-refractivity contribution in [3.63, 3.8) is 0 Å². The van der Waals surface area contributed by atoms with E-state index < -0.39 is 0 Å². The van der Waals surface area contributed by atoms with Gasteiger partial charge in [-0.15, -0.1) is 0 Å². The van der Waals surface area contributed by atoms with Crippen LogP contribution >= 0.6 is 0 Å². The monoisotopic (exact) mass is 337 g/mol. The van der Waals surface area contributed by atoms with Crippen molar-refractivity contribution < 1.29 is 9.53 Å². The number of benzene rings is 2. The molecule has 3 heteroatoms. The molecule has 2 aromatic carbocycles. The molecule has 2 aromatic rings. The molecule has 1 amide bonds. The van der Waals surface area contributed by atoms with Gasteiger partial charge in [0.05, 0.1) is 0 Å². The Morgan fingerprint density at radius 1 is 1.04 bits per heavy atom. The molecule has 0 aliphatic carbocycles. The van der Waals surface area contributed by atoms with E-state index >= 15 is 0 Å². The number of carbonyl (C=O) groups is 1. The molecule has 0 saturated carbocycles. The van der Waals surface area contributed by atoms with Crippen molar-refractivity contribution in [1.29, 1.82) is 0 Å². The van der Waals surface area contributed by atoms with Gasteiger partial charge in [0.1, 0.15) is 12.4 Å². The van der Waals surface area contributed by atoms with E-state index in [0.29, 0.717) is 6.61 Å². The first-order valence-electron chi connectivity index (χ1n) is 8.96. The molecule has 0 radical (unpaired) electrons. The largest absolute Gasteiger partial charge is 0.489 e. The molecular formula is C22H27NO2. The van der Waals surface area contributed by atoms with Crippen LogP contribution in [0.2, 0.25) is 0 Å². The number of nitrogens with zero attached hydrogens (tertiary/aromatic N) is 1. The summed E-state index contributed by atoms with van der Waals surface area (Å²) >= 11 is 0. The molecule has 0 bridgehead atoms. The number of amides is 1. The molecule has 0 aliphatic rings. The second-order valence-electron chi connectivity index (χ2n) is 5.95. The van der Waals surface area contributed by atoms with Crippen LogP contribution in [0.25, 0.3) is 6.08 Å². The Kier molecular flexibility index (Phi) is 7.77. The number of unbranched alkanes of at least 4 members (excludes halogenated alkanes) is 1. The number of likely N-dealkylation sites (N-methyl/N-ethyl adjacent to an activating group) is 1. The Balaban J connectivity index is 1.87. The molecule has 0 unspecified atom stereocenters. The van der Waals surface area contributed by atoms with E-state index in [0.717, 1.165) is 42.8 Å². The second-order valence-corrected chi connectivity index (χ2v) is 5.95. The van der Waals surface area contributed by atoms with Crippen LogP contribution in [0.15, 0.2) is 60.7 Å². The summed E-state index contributed by atoms with van der Waals surface area (Å²) in [4.78, 5) is 14.1. The third kappa shape index (κ3) is 6.46. The van der Waals surface area contributed by atoms with Crippen LogP contribution < -0.4 is 4.74 Å². The summed E-state index contributed by atoms with van der Waals surface area (Å²) in [5.74, 6) is 0.894. The quantitative estimate of drug-likeness (QED) is 0.607. The number of ether oxygens (including phenoxy) is 1. The zero-order chi connectivity index (χ0) is 17.9. The highest BCUT2D eigenvalue weighted by atomic mass is 16.5. The van der Waals surface area contributed by atoms with Crippen molar-refractivity contribution in [2.75, 3.05) is 13.1 Å². The molecule has 0 saturated heterocycles. The summed E-state index contributed by atoms with van der Waals surface area (Å²) < 4.78 is 5.77. The lowest BCUT2D eigenvalue weighted by molar-refractivity contribution is -0.125. The Labute approximate surface area is 150 Å². The van der Waals surface area contributed by atoms with Crippen LogP contribution in [-0.2, 0) is 11.4 Å². The van der Waals surface area contributed by atoms with Crippen molar-refractivity contribution in [2.45, 2.75) is 33.3 Å². The molecule has 3 nitrogen and oxygen atoms in total. The van der Waals surface area contributed by atoms with E-state index in [-0.39, 0.29) is 5.91 Å². The molecule has 0 N–H and O–H groups in total.